The molecule has 33 heavy (non-hydrogen) atoms. The van der Waals surface area contributed by atoms with E-state index in [1.54, 1.807) is 45.1 Å². The molecule has 0 radical (unpaired) electrons. The number of amidine groups is 3. The molecule has 1 aliphatic rings. The maximum Gasteiger partial charge on any atom is 0.257 e. The van der Waals surface area contributed by atoms with Crippen LogP contribution < -0.4 is 10.5 Å². The zero-order valence-corrected chi connectivity index (χ0v) is 20.1. The van der Waals surface area contributed by atoms with Gasteiger partial charge in [0.05, 0.1) is 6.04 Å². The van der Waals surface area contributed by atoms with Gasteiger partial charge < -0.3 is 20.5 Å². The van der Waals surface area contributed by atoms with Crippen molar-refractivity contribution >= 4 is 17.5 Å². The Labute approximate surface area is 195 Å². The summed E-state index contributed by atoms with van der Waals surface area (Å²) in [4.78, 5) is 10.4. The summed E-state index contributed by atoms with van der Waals surface area (Å²) in [6, 6.07) is 5.17. The van der Waals surface area contributed by atoms with E-state index in [1.807, 2.05) is 13.0 Å². The second-order valence-electron chi connectivity index (χ2n) is 8.11. The molecule has 1 heterocycles. The minimum Gasteiger partial charge on any atom is -0.456 e. The van der Waals surface area contributed by atoms with Crippen LogP contribution in [0.25, 0.3) is 0 Å². The molecule has 1 saturated heterocycles. The van der Waals surface area contributed by atoms with Crippen LogP contribution in [-0.2, 0) is 0 Å². The van der Waals surface area contributed by atoms with Gasteiger partial charge >= 0.3 is 0 Å². The summed E-state index contributed by atoms with van der Waals surface area (Å²) in [5.74, 6) is 1.89. The Balaban J connectivity index is 2.55. The average Bonchev–Trinajstić information content (AvgIpc) is 3.17. The number of nitrogens with two attached hydrogens (primary N) is 1. The highest BCUT2D eigenvalue weighted by Gasteiger charge is 2.35. The van der Waals surface area contributed by atoms with Crippen molar-refractivity contribution in [2.24, 2.45) is 20.8 Å². The lowest BCUT2D eigenvalue weighted by Crippen LogP contribution is -2.42. The molecule has 1 fully saturated rings. The van der Waals surface area contributed by atoms with E-state index in [1.165, 1.54) is 6.20 Å². The van der Waals surface area contributed by atoms with E-state index in [-0.39, 0.29) is 6.04 Å². The molecule has 0 saturated carbocycles. The number of alkyl halides is 1. The first kappa shape index (κ1) is 26.1. The van der Waals surface area contributed by atoms with Crippen LogP contribution >= 0.6 is 0 Å². The summed E-state index contributed by atoms with van der Waals surface area (Å²) in [6.45, 7) is 13.0. The molecule has 0 spiro atoms. The molecule has 0 amide bonds. The number of aliphatic imine (C=N–C) groups is 2. The molecular weight excluding hydrogens is 423 g/mol. The highest BCUT2D eigenvalue weighted by molar-refractivity contribution is 6.00. The third kappa shape index (κ3) is 5.98. The van der Waals surface area contributed by atoms with Crippen molar-refractivity contribution in [3.05, 3.63) is 54.8 Å². The lowest BCUT2D eigenvalue weighted by atomic mass is 9.96. The number of likely N-dealkylation sites (N-methyl/N-ethyl adjacent to an activating group) is 1. The number of hydrazone groups is 1. The Bertz CT molecular complexity index is 951. The molecular formula is C24H35FN6O2. The maximum absolute atomic E-state index is 14.1. The number of nitrogens with zero attached hydrogens (tertiary/aromatic N) is 5. The molecule has 3 N–H and O–H groups in total. The summed E-state index contributed by atoms with van der Waals surface area (Å²) in [7, 11) is 3.34. The van der Waals surface area contributed by atoms with Crippen molar-refractivity contribution in [3.63, 3.8) is 0 Å². The number of rotatable bonds is 9. The molecule has 0 aliphatic carbocycles. The highest BCUT2D eigenvalue weighted by atomic mass is 19.1. The van der Waals surface area contributed by atoms with Gasteiger partial charge in [-0.15, -0.1) is 0 Å². The van der Waals surface area contributed by atoms with Gasteiger partial charge in [-0.1, -0.05) is 25.3 Å². The van der Waals surface area contributed by atoms with Crippen molar-refractivity contribution in [1.82, 2.24) is 9.91 Å². The van der Waals surface area contributed by atoms with Crippen molar-refractivity contribution in [3.8, 4) is 5.75 Å². The quantitative estimate of drug-likeness (QED) is 0.255. The van der Waals surface area contributed by atoms with Crippen molar-refractivity contribution in [2.75, 3.05) is 20.6 Å². The second kappa shape index (κ2) is 11.1. The Hall–Kier alpha value is -3.20. The van der Waals surface area contributed by atoms with E-state index in [0.717, 1.165) is 17.5 Å². The monoisotopic (exact) mass is 458 g/mol. The summed E-state index contributed by atoms with van der Waals surface area (Å²) < 4.78 is 19.6. The predicted molar refractivity (Wildman–Crippen MR) is 132 cm³/mol. The van der Waals surface area contributed by atoms with Gasteiger partial charge in [0.1, 0.15) is 23.0 Å². The molecule has 9 heteroatoms. The normalized spacial score (nSPS) is 19.5. The number of aliphatic hydroxyl groups is 1. The van der Waals surface area contributed by atoms with Crippen LogP contribution in [-0.4, -0.2) is 65.1 Å². The number of ether oxygens (including phenoxy) is 1. The van der Waals surface area contributed by atoms with Crippen molar-refractivity contribution < 1.29 is 14.2 Å². The third-order valence-corrected chi connectivity index (χ3v) is 5.36. The van der Waals surface area contributed by atoms with Gasteiger partial charge in [0, 0.05) is 44.4 Å². The first-order chi connectivity index (χ1) is 15.6. The van der Waals surface area contributed by atoms with Gasteiger partial charge in [-0.05, 0) is 39.3 Å². The van der Waals surface area contributed by atoms with Gasteiger partial charge in [-0.25, -0.2) is 4.99 Å². The third-order valence-electron chi connectivity index (χ3n) is 5.36. The molecule has 8 nitrogen and oxygen atoms in total. The summed E-state index contributed by atoms with van der Waals surface area (Å²) in [6.07, 6.45) is 2.19. The number of hydrogen-bond acceptors (Lipinski definition) is 5. The lowest BCUT2D eigenvalue weighted by Gasteiger charge is -2.31. The van der Waals surface area contributed by atoms with Gasteiger partial charge in [-0.3, -0.25) is 10.0 Å². The second-order valence-corrected chi connectivity index (χ2v) is 8.11. The minimum atomic E-state index is -1.65. The van der Waals surface area contributed by atoms with Crippen LogP contribution in [0.3, 0.4) is 0 Å². The van der Waals surface area contributed by atoms with Crippen LogP contribution in [0.2, 0.25) is 0 Å². The van der Waals surface area contributed by atoms with Crippen LogP contribution in [0, 0.1) is 0 Å². The van der Waals surface area contributed by atoms with E-state index < -0.39 is 12.0 Å². The van der Waals surface area contributed by atoms with E-state index >= 15 is 0 Å². The molecule has 180 valence electrons. The summed E-state index contributed by atoms with van der Waals surface area (Å²) >= 11 is 0. The fraction of sp³-hybridized carbons (Fsp3) is 0.458. The molecule has 1 aliphatic heterocycles. The fourth-order valence-corrected chi connectivity index (χ4v) is 4.00. The van der Waals surface area contributed by atoms with Crippen LogP contribution in [0.4, 0.5) is 4.39 Å². The average molecular weight is 459 g/mol. The topological polar surface area (TPSA) is 99.0 Å². The van der Waals surface area contributed by atoms with Crippen LogP contribution in [0.1, 0.15) is 50.8 Å². The summed E-state index contributed by atoms with van der Waals surface area (Å²) in [5, 5.41) is 16.8. The van der Waals surface area contributed by atoms with E-state index in [2.05, 4.69) is 28.0 Å². The number of benzene rings is 1. The summed E-state index contributed by atoms with van der Waals surface area (Å²) in [5.41, 5.74) is 6.42. The Morgan fingerprint density at radius 1 is 1.45 bits per heavy atom. The predicted octanol–water partition coefficient (Wildman–Crippen LogP) is 3.60. The lowest BCUT2D eigenvalue weighted by molar-refractivity contribution is 0.111. The first-order valence-corrected chi connectivity index (χ1v) is 10.9. The molecule has 1 aromatic carbocycles. The molecule has 1 aromatic rings. The first-order valence-electron chi connectivity index (χ1n) is 10.9. The van der Waals surface area contributed by atoms with Gasteiger partial charge in [-0.2, -0.15) is 9.49 Å². The number of halogens is 1. The Morgan fingerprint density at radius 2 is 2.15 bits per heavy atom. The van der Waals surface area contributed by atoms with Crippen LogP contribution in [0.15, 0.2) is 58.7 Å². The van der Waals surface area contributed by atoms with Gasteiger partial charge in [0.2, 0.25) is 0 Å². The van der Waals surface area contributed by atoms with E-state index in [0.29, 0.717) is 42.4 Å². The van der Waals surface area contributed by atoms with Gasteiger partial charge in [0.15, 0.2) is 5.84 Å². The molecule has 2 atom stereocenters. The van der Waals surface area contributed by atoms with Crippen LogP contribution in [0.5, 0.6) is 5.75 Å². The van der Waals surface area contributed by atoms with Gasteiger partial charge in [0.25, 0.3) is 6.36 Å². The smallest absolute Gasteiger partial charge is 0.257 e. The zero-order chi connectivity index (χ0) is 24.8. The van der Waals surface area contributed by atoms with Crippen molar-refractivity contribution in [2.45, 2.75) is 51.6 Å². The largest absolute Gasteiger partial charge is 0.456 e. The SMILES string of the molecule is C=C/N=C(\N(C)/N=C1/CCC(c2c(OC(F)C=C)cccc2/C(N)=N/C)N1CC)C(C)(C)O. The Kier molecular flexibility index (Phi) is 8.76. The minimum absolute atomic E-state index is 0.160. The van der Waals surface area contributed by atoms with E-state index in [4.69, 9.17) is 15.6 Å². The number of hydrogen-bond donors (Lipinski definition) is 2. The zero-order valence-electron chi connectivity index (χ0n) is 20.1. The highest BCUT2D eigenvalue weighted by Crippen LogP contribution is 2.40. The van der Waals surface area contributed by atoms with E-state index in [9.17, 15) is 9.50 Å². The van der Waals surface area contributed by atoms with Crippen molar-refractivity contribution in [1.29, 1.82) is 0 Å². The molecule has 0 aromatic heterocycles. The fourth-order valence-electron chi connectivity index (χ4n) is 4.00. The maximum atomic E-state index is 14.1. The number of likely N-dealkylation sites (tertiary alicyclic amines) is 1. The standard InChI is InChI=1S/C24H35FN6O2/c1-8-19(25)33-18-13-11-12-16(22(26)27-6)21(18)17-14-15-20(31(17)10-3)29-30(7)23(28-9-2)24(4,5)32/h8-9,11-13,17,19,32H,1-2,10,14-15H2,3-7H3,(H2,26,27)/b28-23-,29-20-. The molecule has 2 unspecified atom stereocenters. The molecule has 0 bridgehead atoms. The Morgan fingerprint density at radius 3 is 2.70 bits per heavy atom. The molecule has 2 rings (SSSR count).